The van der Waals surface area contributed by atoms with Crippen molar-refractivity contribution in [3.8, 4) is 0 Å². The zero-order valence-corrected chi connectivity index (χ0v) is 9.33. The molecule has 0 amide bonds. The zero-order valence-electron chi connectivity index (χ0n) is 9.33. The van der Waals surface area contributed by atoms with Crippen LogP contribution in [0, 0.1) is 5.92 Å². The van der Waals surface area contributed by atoms with Gasteiger partial charge in [0.2, 0.25) is 0 Å². The highest BCUT2D eigenvalue weighted by atomic mass is 16.5. The predicted molar refractivity (Wildman–Crippen MR) is 60.5 cm³/mol. The highest BCUT2D eigenvalue weighted by Crippen LogP contribution is 2.32. The second-order valence-corrected chi connectivity index (χ2v) is 4.19. The first-order valence-corrected chi connectivity index (χ1v) is 5.61. The molecular formula is C13H14O4. The molecule has 1 atom stereocenters. The van der Waals surface area contributed by atoms with Crippen LogP contribution >= 0.6 is 0 Å². The average Bonchev–Trinajstić information content (AvgIpc) is 3.20. The maximum atomic E-state index is 11.5. The summed E-state index contributed by atoms with van der Waals surface area (Å²) in [6.07, 6.45) is 0.776. The van der Waals surface area contributed by atoms with Crippen molar-refractivity contribution >= 4 is 11.8 Å². The highest BCUT2D eigenvalue weighted by Gasteiger charge is 2.34. The van der Waals surface area contributed by atoms with Crippen molar-refractivity contribution in [1.29, 1.82) is 0 Å². The summed E-state index contributed by atoms with van der Waals surface area (Å²) in [5.74, 6) is -0.892. The van der Waals surface area contributed by atoms with E-state index in [0.717, 1.165) is 12.8 Å². The highest BCUT2D eigenvalue weighted by molar-refractivity contribution is 5.92. The number of Topliss-reactive ketones (excluding diaryl/α,β-unsaturated/α-hetero) is 1. The van der Waals surface area contributed by atoms with Gasteiger partial charge in [0.1, 0.15) is 6.10 Å². The number of carbonyl (C=O) groups is 2. The number of carbonyl (C=O) groups excluding carboxylic acids is 2. The van der Waals surface area contributed by atoms with Crippen LogP contribution < -0.4 is 0 Å². The normalized spacial score (nSPS) is 16.3. The lowest BCUT2D eigenvalue weighted by Crippen LogP contribution is -2.28. The molecule has 0 aromatic heterocycles. The molecule has 0 saturated heterocycles. The lowest BCUT2D eigenvalue weighted by Gasteiger charge is -2.08. The Labute approximate surface area is 99.2 Å². The summed E-state index contributed by atoms with van der Waals surface area (Å²) >= 11 is 0. The van der Waals surface area contributed by atoms with Crippen LogP contribution in [0.25, 0.3) is 0 Å². The third-order valence-corrected chi connectivity index (χ3v) is 2.75. The molecule has 0 radical (unpaired) electrons. The Morgan fingerprint density at radius 2 is 1.94 bits per heavy atom. The topological polar surface area (TPSA) is 63.6 Å². The van der Waals surface area contributed by atoms with Crippen molar-refractivity contribution in [2.45, 2.75) is 18.9 Å². The van der Waals surface area contributed by atoms with Crippen LogP contribution in [0.15, 0.2) is 30.3 Å². The Hall–Kier alpha value is -1.68. The van der Waals surface area contributed by atoms with Gasteiger partial charge in [-0.15, -0.1) is 0 Å². The molecule has 90 valence electrons. The number of aliphatic hydroxyl groups excluding tert-OH is 1. The molecule has 1 aromatic carbocycles. The molecule has 1 fully saturated rings. The molecule has 2 rings (SSSR count). The average molecular weight is 234 g/mol. The predicted octanol–water partition coefficient (Wildman–Crippen LogP) is 1.18. The maximum absolute atomic E-state index is 11.5. The quantitative estimate of drug-likeness (QED) is 0.777. The summed E-state index contributed by atoms with van der Waals surface area (Å²) in [7, 11) is 0. The Morgan fingerprint density at radius 3 is 2.53 bits per heavy atom. The molecule has 0 unspecified atom stereocenters. The number of benzene rings is 1. The molecule has 1 saturated carbocycles. The SMILES string of the molecule is O=C(OCC(=O)[C@@H](O)C1CC1)c1ccccc1. The van der Waals surface area contributed by atoms with E-state index in [1.54, 1.807) is 30.3 Å². The Bertz CT molecular complexity index is 409. The van der Waals surface area contributed by atoms with Crippen molar-refractivity contribution < 1.29 is 19.4 Å². The van der Waals surface area contributed by atoms with Crippen LogP contribution in [0.4, 0.5) is 0 Å². The Morgan fingerprint density at radius 1 is 1.29 bits per heavy atom. The summed E-state index contributed by atoms with van der Waals surface area (Å²) in [4.78, 5) is 22.9. The van der Waals surface area contributed by atoms with Gasteiger partial charge >= 0.3 is 5.97 Å². The minimum atomic E-state index is -0.974. The number of hydrogen-bond donors (Lipinski definition) is 1. The second-order valence-electron chi connectivity index (χ2n) is 4.19. The van der Waals surface area contributed by atoms with Crippen LogP contribution in [-0.4, -0.2) is 29.6 Å². The van der Waals surface area contributed by atoms with Gasteiger partial charge in [-0.2, -0.15) is 0 Å². The van der Waals surface area contributed by atoms with Gasteiger partial charge < -0.3 is 9.84 Å². The monoisotopic (exact) mass is 234 g/mol. The molecule has 4 heteroatoms. The molecule has 0 aliphatic heterocycles. The Balaban J connectivity index is 1.82. The van der Waals surface area contributed by atoms with Gasteiger partial charge in [-0.05, 0) is 30.9 Å². The van der Waals surface area contributed by atoms with E-state index >= 15 is 0 Å². The van der Waals surface area contributed by atoms with E-state index in [4.69, 9.17) is 4.74 Å². The van der Waals surface area contributed by atoms with Crippen molar-refractivity contribution in [2.75, 3.05) is 6.61 Å². The molecule has 4 nitrogen and oxygen atoms in total. The fourth-order valence-electron chi connectivity index (χ4n) is 1.55. The largest absolute Gasteiger partial charge is 0.454 e. The summed E-state index contributed by atoms with van der Waals surface area (Å²) < 4.78 is 4.84. The van der Waals surface area contributed by atoms with Gasteiger partial charge in [0.25, 0.3) is 0 Å². The number of ketones is 1. The van der Waals surface area contributed by atoms with E-state index in [1.807, 2.05) is 0 Å². The standard InChI is InChI=1S/C13H14O4/c14-11(12(15)9-6-7-9)8-17-13(16)10-4-2-1-3-5-10/h1-5,9,12,15H,6-8H2/t12-/m0/s1. The first kappa shape index (κ1) is 11.8. The summed E-state index contributed by atoms with van der Waals surface area (Å²) in [6, 6.07) is 8.46. The van der Waals surface area contributed by atoms with E-state index in [1.165, 1.54) is 0 Å². The van der Waals surface area contributed by atoms with Crippen LogP contribution in [-0.2, 0) is 9.53 Å². The third kappa shape index (κ3) is 3.14. The minimum absolute atomic E-state index is 0.0675. The molecule has 17 heavy (non-hydrogen) atoms. The van der Waals surface area contributed by atoms with E-state index in [9.17, 15) is 14.7 Å². The van der Waals surface area contributed by atoms with E-state index < -0.39 is 17.9 Å². The fraction of sp³-hybridized carbons (Fsp3) is 0.385. The van der Waals surface area contributed by atoms with Crippen molar-refractivity contribution in [3.63, 3.8) is 0 Å². The molecule has 0 spiro atoms. The molecule has 0 bridgehead atoms. The summed E-state index contributed by atoms with van der Waals surface area (Å²) in [5.41, 5.74) is 0.404. The van der Waals surface area contributed by atoms with Crippen molar-refractivity contribution in [1.82, 2.24) is 0 Å². The number of rotatable bonds is 5. The van der Waals surface area contributed by atoms with Crippen LogP contribution in [0.3, 0.4) is 0 Å². The van der Waals surface area contributed by atoms with E-state index in [-0.39, 0.29) is 12.5 Å². The Kier molecular flexibility index (Phi) is 3.54. The van der Waals surface area contributed by atoms with Gasteiger partial charge in [-0.3, -0.25) is 4.79 Å². The smallest absolute Gasteiger partial charge is 0.338 e. The second kappa shape index (κ2) is 5.10. The molecule has 0 heterocycles. The molecule has 1 N–H and O–H groups in total. The number of hydrogen-bond acceptors (Lipinski definition) is 4. The molecule has 1 aliphatic rings. The van der Waals surface area contributed by atoms with Crippen LogP contribution in [0.1, 0.15) is 23.2 Å². The van der Waals surface area contributed by atoms with Gasteiger partial charge in [-0.1, -0.05) is 18.2 Å². The van der Waals surface area contributed by atoms with Crippen molar-refractivity contribution in [2.24, 2.45) is 5.92 Å². The van der Waals surface area contributed by atoms with E-state index in [2.05, 4.69) is 0 Å². The maximum Gasteiger partial charge on any atom is 0.338 e. The first-order valence-electron chi connectivity index (χ1n) is 5.61. The number of aliphatic hydroxyl groups is 1. The lowest BCUT2D eigenvalue weighted by atomic mass is 10.1. The van der Waals surface area contributed by atoms with Gasteiger partial charge in [0.05, 0.1) is 5.56 Å². The molecular weight excluding hydrogens is 220 g/mol. The summed E-state index contributed by atoms with van der Waals surface area (Å²) in [6.45, 7) is -0.356. The van der Waals surface area contributed by atoms with Gasteiger partial charge in [-0.25, -0.2) is 4.79 Å². The number of ether oxygens (including phenoxy) is 1. The first-order chi connectivity index (χ1) is 8.18. The minimum Gasteiger partial charge on any atom is -0.454 e. The lowest BCUT2D eigenvalue weighted by molar-refractivity contribution is -0.131. The zero-order chi connectivity index (χ0) is 12.3. The van der Waals surface area contributed by atoms with Gasteiger partial charge in [0.15, 0.2) is 12.4 Å². The summed E-state index contributed by atoms with van der Waals surface area (Å²) in [5, 5.41) is 9.50. The van der Waals surface area contributed by atoms with Crippen LogP contribution in [0.2, 0.25) is 0 Å². The fourth-order valence-corrected chi connectivity index (χ4v) is 1.55. The van der Waals surface area contributed by atoms with Gasteiger partial charge in [0, 0.05) is 0 Å². The molecule has 1 aliphatic carbocycles. The third-order valence-electron chi connectivity index (χ3n) is 2.75. The van der Waals surface area contributed by atoms with Crippen LogP contribution in [0.5, 0.6) is 0 Å². The van der Waals surface area contributed by atoms with Crippen molar-refractivity contribution in [3.05, 3.63) is 35.9 Å². The molecule has 1 aromatic rings. The van der Waals surface area contributed by atoms with E-state index in [0.29, 0.717) is 5.56 Å². The number of esters is 1.